The van der Waals surface area contributed by atoms with Gasteiger partial charge in [0.15, 0.2) is 5.67 Å². The summed E-state index contributed by atoms with van der Waals surface area (Å²) in [5.74, 6) is -0.816. The zero-order valence-corrected chi connectivity index (χ0v) is 16.3. The van der Waals surface area contributed by atoms with Crippen molar-refractivity contribution in [2.24, 2.45) is 0 Å². The van der Waals surface area contributed by atoms with Crippen molar-refractivity contribution >= 4 is 11.8 Å². The quantitative estimate of drug-likeness (QED) is 0.596. The predicted molar refractivity (Wildman–Crippen MR) is 105 cm³/mol. The Labute approximate surface area is 173 Å². The van der Waals surface area contributed by atoms with Gasteiger partial charge >= 0.3 is 0 Å². The van der Waals surface area contributed by atoms with Crippen molar-refractivity contribution in [3.63, 3.8) is 0 Å². The van der Waals surface area contributed by atoms with E-state index in [1.54, 1.807) is 11.5 Å². The van der Waals surface area contributed by atoms with Crippen LogP contribution in [0.5, 0.6) is 5.75 Å². The van der Waals surface area contributed by atoms with Gasteiger partial charge in [0.05, 0.1) is 25.8 Å². The number of halogens is 1. The number of hydrogen-bond donors (Lipinski definition) is 2. The second-order valence-electron chi connectivity index (χ2n) is 7.51. The molecule has 1 atom stereocenters. The maximum atomic E-state index is 15.6. The minimum atomic E-state index is -1.98. The smallest absolute Gasteiger partial charge is 0.274 e. The Morgan fingerprint density at radius 3 is 2.57 bits per heavy atom. The highest BCUT2D eigenvalue weighted by Crippen LogP contribution is 2.37. The Balaban J connectivity index is 1.71. The second kappa shape index (κ2) is 8.41. The van der Waals surface area contributed by atoms with E-state index >= 15 is 4.39 Å². The molecule has 2 heterocycles. The van der Waals surface area contributed by atoms with Gasteiger partial charge < -0.3 is 14.4 Å². The number of nitrogens with one attached hydrogen (secondary N) is 1. The summed E-state index contributed by atoms with van der Waals surface area (Å²) in [5, 5.41) is 8.88. The van der Waals surface area contributed by atoms with Gasteiger partial charge in [-0.1, -0.05) is 36.4 Å². The summed E-state index contributed by atoms with van der Waals surface area (Å²) in [6.45, 7) is 0.665. The molecule has 0 saturated carbocycles. The maximum absolute atomic E-state index is 15.6. The lowest BCUT2D eigenvalue weighted by molar-refractivity contribution is -0.154. The third kappa shape index (κ3) is 3.88. The lowest BCUT2D eigenvalue weighted by Gasteiger charge is -2.37. The van der Waals surface area contributed by atoms with Crippen LogP contribution >= 0.6 is 0 Å². The van der Waals surface area contributed by atoms with Crippen molar-refractivity contribution in [2.45, 2.75) is 31.1 Å². The molecule has 2 aliphatic heterocycles. The van der Waals surface area contributed by atoms with E-state index in [4.69, 9.17) is 14.7 Å². The zero-order chi connectivity index (χ0) is 21.1. The van der Waals surface area contributed by atoms with Crippen LogP contribution in [0.3, 0.4) is 0 Å². The molecule has 1 fully saturated rings. The topological polar surface area (TPSA) is 88.1 Å². The fourth-order valence-corrected chi connectivity index (χ4v) is 3.91. The molecular formula is C22H23FN2O5. The van der Waals surface area contributed by atoms with Gasteiger partial charge in [0.2, 0.25) is 0 Å². The van der Waals surface area contributed by atoms with Gasteiger partial charge in [0, 0.05) is 24.0 Å². The average Bonchev–Trinajstić information content (AvgIpc) is 2.98. The SMILES string of the molecule is O=C(NO)c1ccc2c(c1)OCC(c1ccccc1)N(C(=O)C1(F)CCOCC1)C2. The van der Waals surface area contributed by atoms with Crippen LogP contribution in [-0.2, 0) is 16.1 Å². The maximum Gasteiger partial charge on any atom is 0.274 e. The lowest BCUT2D eigenvalue weighted by Crippen LogP contribution is -2.50. The zero-order valence-electron chi connectivity index (χ0n) is 16.3. The van der Waals surface area contributed by atoms with Gasteiger partial charge in [-0.15, -0.1) is 0 Å². The molecular weight excluding hydrogens is 391 g/mol. The predicted octanol–water partition coefficient (Wildman–Crippen LogP) is 2.79. The molecule has 2 N–H and O–H groups in total. The monoisotopic (exact) mass is 414 g/mol. The standard InChI is InChI=1S/C22H23FN2O5/c23-22(8-10-29-11-9-22)21(27)25-13-17-7-6-16(20(26)24-28)12-19(17)30-14-18(25)15-4-2-1-3-5-15/h1-7,12,18,28H,8-11,13-14H2,(H,24,26). The van der Waals surface area contributed by atoms with Crippen LogP contribution in [0, 0.1) is 0 Å². The molecule has 1 unspecified atom stereocenters. The van der Waals surface area contributed by atoms with Crippen LogP contribution < -0.4 is 10.2 Å². The molecule has 2 amide bonds. The fraction of sp³-hybridized carbons (Fsp3) is 0.364. The number of alkyl halides is 1. The first-order valence-electron chi connectivity index (χ1n) is 9.85. The summed E-state index contributed by atoms with van der Waals surface area (Å²) in [5.41, 5.74) is 1.33. The number of hydroxylamine groups is 1. The van der Waals surface area contributed by atoms with Crippen LogP contribution in [0.25, 0.3) is 0 Å². The van der Waals surface area contributed by atoms with Crippen LogP contribution in [0.1, 0.15) is 40.4 Å². The summed E-state index contributed by atoms with van der Waals surface area (Å²) in [6.07, 6.45) is 0.0420. The number of rotatable bonds is 3. The number of benzene rings is 2. The largest absolute Gasteiger partial charge is 0.491 e. The molecule has 7 nitrogen and oxygen atoms in total. The van der Waals surface area contributed by atoms with Crippen LogP contribution in [0.15, 0.2) is 48.5 Å². The van der Waals surface area contributed by atoms with Crippen molar-refractivity contribution in [3.05, 3.63) is 65.2 Å². The Bertz CT molecular complexity index is 930. The third-order valence-corrected chi connectivity index (χ3v) is 5.66. The molecule has 0 aliphatic carbocycles. The first-order chi connectivity index (χ1) is 14.5. The van der Waals surface area contributed by atoms with Crippen molar-refractivity contribution < 1.29 is 28.7 Å². The molecule has 0 spiro atoms. The number of hydrogen-bond acceptors (Lipinski definition) is 5. The van der Waals surface area contributed by atoms with E-state index in [0.29, 0.717) is 11.3 Å². The Hall–Kier alpha value is -2.97. The van der Waals surface area contributed by atoms with Gasteiger partial charge in [-0.25, -0.2) is 9.87 Å². The molecule has 2 aromatic rings. The molecule has 4 rings (SSSR count). The number of nitrogens with zero attached hydrogens (tertiary/aromatic N) is 1. The molecule has 0 radical (unpaired) electrons. The van der Waals surface area contributed by atoms with E-state index in [0.717, 1.165) is 5.56 Å². The summed E-state index contributed by atoms with van der Waals surface area (Å²) in [4.78, 5) is 26.7. The minimum Gasteiger partial charge on any atom is -0.491 e. The molecule has 30 heavy (non-hydrogen) atoms. The Kier molecular flexibility index (Phi) is 5.69. The van der Waals surface area contributed by atoms with Crippen LogP contribution in [-0.4, -0.2) is 47.4 Å². The highest BCUT2D eigenvalue weighted by atomic mass is 19.1. The van der Waals surface area contributed by atoms with E-state index in [1.165, 1.54) is 17.0 Å². The second-order valence-corrected chi connectivity index (χ2v) is 7.51. The number of fused-ring (bicyclic) bond motifs is 1. The van der Waals surface area contributed by atoms with Crippen molar-refractivity contribution in [1.29, 1.82) is 0 Å². The van der Waals surface area contributed by atoms with E-state index in [-0.39, 0.29) is 44.8 Å². The van der Waals surface area contributed by atoms with Crippen molar-refractivity contribution in [3.8, 4) is 5.75 Å². The minimum absolute atomic E-state index is 0.0210. The molecule has 8 heteroatoms. The summed E-state index contributed by atoms with van der Waals surface area (Å²) in [6, 6.07) is 13.6. The molecule has 2 aromatic carbocycles. The molecule has 2 aliphatic rings. The normalized spacial score (nSPS) is 20.5. The fourth-order valence-electron chi connectivity index (χ4n) is 3.91. The Morgan fingerprint density at radius 2 is 1.87 bits per heavy atom. The lowest BCUT2D eigenvalue weighted by atomic mass is 9.93. The highest BCUT2D eigenvalue weighted by molar-refractivity contribution is 5.94. The summed E-state index contributed by atoms with van der Waals surface area (Å²) in [7, 11) is 0. The van der Waals surface area contributed by atoms with E-state index in [9.17, 15) is 9.59 Å². The Morgan fingerprint density at radius 1 is 1.13 bits per heavy atom. The van der Waals surface area contributed by atoms with E-state index in [2.05, 4.69) is 0 Å². The van der Waals surface area contributed by atoms with Crippen molar-refractivity contribution in [1.82, 2.24) is 10.4 Å². The number of ether oxygens (including phenoxy) is 2. The third-order valence-electron chi connectivity index (χ3n) is 5.66. The first-order valence-corrected chi connectivity index (χ1v) is 9.85. The van der Waals surface area contributed by atoms with Crippen molar-refractivity contribution in [2.75, 3.05) is 19.8 Å². The average molecular weight is 414 g/mol. The van der Waals surface area contributed by atoms with Gasteiger partial charge in [-0.05, 0) is 17.7 Å². The van der Waals surface area contributed by atoms with Gasteiger partial charge in [0.25, 0.3) is 11.8 Å². The van der Waals surface area contributed by atoms with E-state index < -0.39 is 23.5 Å². The molecule has 0 bridgehead atoms. The summed E-state index contributed by atoms with van der Waals surface area (Å²) < 4.78 is 26.8. The van der Waals surface area contributed by atoms with Gasteiger partial charge in [0.1, 0.15) is 12.4 Å². The molecule has 158 valence electrons. The number of carbonyl (C=O) groups excluding carboxylic acids is 2. The van der Waals surface area contributed by atoms with Gasteiger partial charge in [-0.3, -0.25) is 14.8 Å². The van der Waals surface area contributed by atoms with E-state index in [1.807, 2.05) is 30.3 Å². The van der Waals surface area contributed by atoms with Crippen LogP contribution in [0.4, 0.5) is 4.39 Å². The number of carbonyl (C=O) groups is 2. The summed E-state index contributed by atoms with van der Waals surface area (Å²) >= 11 is 0. The van der Waals surface area contributed by atoms with Gasteiger partial charge in [-0.2, -0.15) is 0 Å². The first kappa shape index (κ1) is 20.3. The number of amides is 2. The molecule has 1 saturated heterocycles. The highest BCUT2D eigenvalue weighted by Gasteiger charge is 2.45. The molecule has 0 aromatic heterocycles. The van der Waals surface area contributed by atoms with Crippen LogP contribution in [0.2, 0.25) is 0 Å².